The van der Waals surface area contributed by atoms with Crippen molar-refractivity contribution >= 4 is 11.0 Å². The van der Waals surface area contributed by atoms with Gasteiger partial charge in [0.15, 0.2) is 0 Å². The van der Waals surface area contributed by atoms with Crippen LogP contribution in [-0.2, 0) is 6.42 Å². The number of fused-ring (bicyclic) bond motifs is 2. The maximum absolute atomic E-state index is 11.3. The van der Waals surface area contributed by atoms with Gasteiger partial charge in [-0.15, -0.1) is 0 Å². The average Bonchev–Trinajstić information content (AvgIpc) is 2.68. The molecule has 0 N–H and O–H groups in total. The molecule has 0 amide bonds. The minimum atomic E-state index is -0.300. The third-order valence-electron chi connectivity index (χ3n) is 3.12. The number of ether oxygens (including phenoxy) is 1. The summed E-state index contributed by atoms with van der Waals surface area (Å²) >= 11 is 0. The van der Waals surface area contributed by atoms with Crippen molar-refractivity contribution in [3.8, 4) is 5.75 Å². The van der Waals surface area contributed by atoms with Gasteiger partial charge < -0.3 is 9.15 Å². The Morgan fingerprint density at radius 3 is 2.88 bits per heavy atom. The van der Waals surface area contributed by atoms with Gasteiger partial charge in [0.1, 0.15) is 11.3 Å². The van der Waals surface area contributed by atoms with Crippen LogP contribution in [0.4, 0.5) is 0 Å². The second-order valence-electron chi connectivity index (χ2n) is 4.21. The molecule has 0 saturated carbocycles. The number of aryl methyl sites for hydroxylation is 2. The molecule has 0 atom stereocenters. The first-order chi connectivity index (χ1) is 7.66. The van der Waals surface area contributed by atoms with Crippen LogP contribution in [0.5, 0.6) is 5.75 Å². The normalized spacial score (nSPS) is 13.9. The van der Waals surface area contributed by atoms with Crippen molar-refractivity contribution in [2.24, 2.45) is 0 Å². The Kier molecular flexibility index (Phi) is 1.84. The third kappa shape index (κ3) is 1.18. The van der Waals surface area contributed by atoms with Crippen LogP contribution in [0.2, 0.25) is 0 Å². The van der Waals surface area contributed by atoms with E-state index in [1.807, 2.05) is 13.8 Å². The highest BCUT2D eigenvalue weighted by Gasteiger charge is 2.19. The molecule has 0 unspecified atom stereocenters. The summed E-state index contributed by atoms with van der Waals surface area (Å²) in [6, 6.07) is 3.60. The van der Waals surface area contributed by atoms with Gasteiger partial charge in [0.25, 0.3) is 0 Å². The average molecular weight is 216 g/mol. The van der Waals surface area contributed by atoms with Gasteiger partial charge in [-0.3, -0.25) is 0 Å². The minimum absolute atomic E-state index is 0.300. The molecule has 1 aliphatic heterocycles. The summed E-state index contributed by atoms with van der Waals surface area (Å²) in [5, 5.41) is 1.02. The lowest BCUT2D eigenvalue weighted by atomic mass is 10.0. The molecule has 0 fully saturated rings. The van der Waals surface area contributed by atoms with Crippen molar-refractivity contribution in [1.29, 1.82) is 0 Å². The van der Waals surface area contributed by atoms with Crippen LogP contribution in [-0.4, -0.2) is 6.61 Å². The van der Waals surface area contributed by atoms with E-state index in [2.05, 4.69) is 6.07 Å². The molecule has 0 bridgehead atoms. The second kappa shape index (κ2) is 3.11. The summed E-state index contributed by atoms with van der Waals surface area (Å²) in [7, 11) is 0. The highest BCUT2D eigenvalue weighted by atomic mass is 16.5. The Labute approximate surface area is 92.6 Å². The lowest BCUT2D eigenvalue weighted by Crippen LogP contribution is -1.99. The van der Waals surface area contributed by atoms with Crippen molar-refractivity contribution in [3.05, 3.63) is 39.2 Å². The van der Waals surface area contributed by atoms with Gasteiger partial charge >= 0.3 is 5.63 Å². The zero-order chi connectivity index (χ0) is 11.3. The molecule has 0 saturated heterocycles. The highest BCUT2D eigenvalue weighted by Crippen LogP contribution is 2.35. The van der Waals surface area contributed by atoms with Crippen LogP contribution < -0.4 is 10.4 Å². The molecule has 16 heavy (non-hydrogen) atoms. The maximum Gasteiger partial charge on any atom is 0.336 e. The predicted octanol–water partition coefficient (Wildman–Crippen LogP) is 2.34. The zero-order valence-electron chi connectivity index (χ0n) is 9.29. The first-order valence-electron chi connectivity index (χ1n) is 5.36. The van der Waals surface area contributed by atoms with Crippen molar-refractivity contribution in [2.75, 3.05) is 6.61 Å². The van der Waals surface area contributed by atoms with Gasteiger partial charge in [-0.2, -0.15) is 0 Å². The Morgan fingerprint density at radius 2 is 2.06 bits per heavy atom. The van der Waals surface area contributed by atoms with E-state index < -0.39 is 0 Å². The van der Waals surface area contributed by atoms with E-state index in [-0.39, 0.29) is 5.63 Å². The zero-order valence-corrected chi connectivity index (χ0v) is 9.29. The summed E-state index contributed by atoms with van der Waals surface area (Å²) in [6.45, 7) is 4.59. The SMILES string of the molecule is Cc1cc(=O)oc2c(C)c3c(cc12)CCO3. The molecule has 3 nitrogen and oxygen atoms in total. The molecule has 0 radical (unpaired) electrons. The molecule has 1 aliphatic rings. The molecule has 2 heterocycles. The van der Waals surface area contributed by atoms with Gasteiger partial charge in [-0.25, -0.2) is 4.79 Å². The van der Waals surface area contributed by atoms with E-state index in [0.717, 1.165) is 35.3 Å². The monoisotopic (exact) mass is 216 g/mol. The summed E-state index contributed by atoms with van der Waals surface area (Å²) in [4.78, 5) is 11.3. The fourth-order valence-corrected chi connectivity index (χ4v) is 2.31. The van der Waals surface area contributed by atoms with E-state index in [4.69, 9.17) is 9.15 Å². The van der Waals surface area contributed by atoms with Crippen LogP contribution in [0.1, 0.15) is 16.7 Å². The van der Waals surface area contributed by atoms with Gasteiger partial charge in [-0.05, 0) is 31.0 Å². The van der Waals surface area contributed by atoms with Gasteiger partial charge in [0, 0.05) is 23.4 Å². The fraction of sp³-hybridized carbons (Fsp3) is 0.308. The van der Waals surface area contributed by atoms with E-state index in [1.165, 1.54) is 11.6 Å². The molecule has 2 aromatic rings. The third-order valence-corrected chi connectivity index (χ3v) is 3.12. The molecule has 0 spiro atoms. The molecule has 1 aromatic carbocycles. The van der Waals surface area contributed by atoms with Crippen LogP contribution in [0.3, 0.4) is 0 Å². The number of rotatable bonds is 0. The molecule has 1 aromatic heterocycles. The highest BCUT2D eigenvalue weighted by molar-refractivity contribution is 5.86. The molecule has 3 heteroatoms. The van der Waals surface area contributed by atoms with Gasteiger partial charge in [-0.1, -0.05) is 0 Å². The van der Waals surface area contributed by atoms with Gasteiger partial charge in [0.2, 0.25) is 0 Å². The number of hydrogen-bond acceptors (Lipinski definition) is 3. The Bertz CT molecular complexity index is 638. The first kappa shape index (κ1) is 9.46. The molecule has 82 valence electrons. The number of hydrogen-bond donors (Lipinski definition) is 0. The second-order valence-corrected chi connectivity index (χ2v) is 4.21. The van der Waals surface area contributed by atoms with E-state index >= 15 is 0 Å². The van der Waals surface area contributed by atoms with E-state index in [9.17, 15) is 4.79 Å². The molecule has 0 aliphatic carbocycles. The largest absolute Gasteiger partial charge is 0.493 e. The summed E-state index contributed by atoms with van der Waals surface area (Å²) < 4.78 is 10.8. The van der Waals surface area contributed by atoms with Crippen molar-refractivity contribution in [3.63, 3.8) is 0 Å². The lowest BCUT2D eigenvalue weighted by Gasteiger charge is -2.08. The first-order valence-corrected chi connectivity index (χ1v) is 5.36. The maximum atomic E-state index is 11.3. The van der Waals surface area contributed by atoms with Crippen LogP contribution in [0, 0.1) is 13.8 Å². The van der Waals surface area contributed by atoms with Crippen molar-refractivity contribution < 1.29 is 9.15 Å². The Hall–Kier alpha value is -1.77. The van der Waals surface area contributed by atoms with Crippen LogP contribution >= 0.6 is 0 Å². The summed E-state index contributed by atoms with van der Waals surface area (Å²) in [5.74, 6) is 0.890. The predicted molar refractivity (Wildman–Crippen MR) is 61.2 cm³/mol. The van der Waals surface area contributed by atoms with E-state index in [1.54, 1.807) is 0 Å². The van der Waals surface area contributed by atoms with Crippen molar-refractivity contribution in [1.82, 2.24) is 0 Å². The topological polar surface area (TPSA) is 39.4 Å². The Balaban J connectivity index is 2.50. The fourth-order valence-electron chi connectivity index (χ4n) is 2.31. The minimum Gasteiger partial charge on any atom is -0.493 e. The molecule has 3 rings (SSSR count). The van der Waals surface area contributed by atoms with Crippen molar-refractivity contribution in [2.45, 2.75) is 20.3 Å². The van der Waals surface area contributed by atoms with Gasteiger partial charge in [0.05, 0.1) is 6.61 Å². The summed E-state index contributed by atoms with van der Waals surface area (Å²) in [5.41, 5.74) is 3.47. The lowest BCUT2D eigenvalue weighted by molar-refractivity contribution is 0.354. The standard InChI is InChI=1S/C13H12O3/c1-7-5-11(14)16-13-8(2)12-9(3-4-15-12)6-10(7)13/h5-6H,3-4H2,1-2H3. The smallest absolute Gasteiger partial charge is 0.336 e. The van der Waals surface area contributed by atoms with Crippen LogP contribution in [0.15, 0.2) is 21.3 Å². The summed E-state index contributed by atoms with van der Waals surface area (Å²) in [6.07, 6.45) is 0.935. The van der Waals surface area contributed by atoms with E-state index in [0.29, 0.717) is 5.58 Å². The molecular formula is C13H12O3. The van der Waals surface area contributed by atoms with Crippen LogP contribution in [0.25, 0.3) is 11.0 Å². The molecular weight excluding hydrogens is 204 g/mol. The number of benzene rings is 1. The quantitative estimate of drug-likeness (QED) is 0.634. The Morgan fingerprint density at radius 1 is 1.25 bits per heavy atom.